The standard InChI is InChI=1S/C31H29FN4O6/c32-21-5-4-8-23(15-21)33-28(37)17-35-25-14-20(29(38)34-22-6-2-1-3-7-22)10-11-24(25)30(39)36(31(35)40)16-19-9-12-26-27(13-19)42-18-41-26/h4-5,8-15,22H,1-3,6-7,16-18H2,(H,33,37)(H,34,38). The number of ether oxygens (including phenoxy) is 2. The predicted octanol–water partition coefficient (Wildman–Crippen LogP) is 3.78. The summed E-state index contributed by atoms with van der Waals surface area (Å²) in [6.07, 6.45) is 5.03. The minimum absolute atomic E-state index is 0.0656. The van der Waals surface area contributed by atoms with E-state index < -0.39 is 29.5 Å². The van der Waals surface area contributed by atoms with Crippen LogP contribution in [-0.4, -0.2) is 33.8 Å². The number of nitrogens with one attached hydrogen (secondary N) is 2. The van der Waals surface area contributed by atoms with Crippen molar-refractivity contribution in [3.05, 3.63) is 98.4 Å². The lowest BCUT2D eigenvalue weighted by molar-refractivity contribution is -0.116. The Balaban J connectivity index is 1.39. The van der Waals surface area contributed by atoms with Crippen LogP contribution in [-0.2, 0) is 17.9 Å². The third-order valence-electron chi connectivity index (χ3n) is 7.62. The summed E-state index contributed by atoms with van der Waals surface area (Å²) in [5.41, 5.74) is -0.0222. The van der Waals surface area contributed by atoms with Crippen molar-refractivity contribution in [1.29, 1.82) is 0 Å². The molecule has 1 aromatic heterocycles. The number of aromatic nitrogens is 2. The summed E-state index contributed by atoms with van der Waals surface area (Å²) in [7, 11) is 0. The molecule has 0 spiro atoms. The summed E-state index contributed by atoms with van der Waals surface area (Å²) in [5, 5.41) is 5.81. The third kappa shape index (κ3) is 5.63. The average Bonchev–Trinajstić information content (AvgIpc) is 3.46. The molecule has 6 rings (SSSR count). The van der Waals surface area contributed by atoms with Crippen molar-refractivity contribution < 1.29 is 23.5 Å². The van der Waals surface area contributed by atoms with Crippen molar-refractivity contribution in [1.82, 2.24) is 14.5 Å². The van der Waals surface area contributed by atoms with Crippen LogP contribution in [0.15, 0.2) is 70.3 Å². The molecule has 2 amide bonds. The quantitative estimate of drug-likeness (QED) is 0.348. The van der Waals surface area contributed by atoms with Crippen molar-refractivity contribution in [2.75, 3.05) is 12.1 Å². The molecule has 2 aliphatic rings. The Morgan fingerprint density at radius 1 is 0.905 bits per heavy atom. The molecule has 0 saturated heterocycles. The average molecular weight is 573 g/mol. The third-order valence-corrected chi connectivity index (χ3v) is 7.62. The fourth-order valence-corrected chi connectivity index (χ4v) is 5.50. The number of amides is 2. The van der Waals surface area contributed by atoms with Gasteiger partial charge in [-0.05, 0) is 66.9 Å². The summed E-state index contributed by atoms with van der Waals surface area (Å²) in [4.78, 5) is 53.6. The minimum atomic E-state index is -0.732. The molecule has 42 heavy (non-hydrogen) atoms. The summed E-state index contributed by atoms with van der Waals surface area (Å²) >= 11 is 0. The molecule has 4 aromatic rings. The number of anilines is 1. The first-order valence-electron chi connectivity index (χ1n) is 13.9. The lowest BCUT2D eigenvalue weighted by atomic mass is 9.95. The summed E-state index contributed by atoms with van der Waals surface area (Å²) in [5.74, 6) is -0.368. The molecule has 0 radical (unpaired) electrons. The minimum Gasteiger partial charge on any atom is -0.454 e. The Hall–Kier alpha value is -4.93. The maximum Gasteiger partial charge on any atom is 0.332 e. The summed E-state index contributed by atoms with van der Waals surface area (Å²) in [6, 6.07) is 15.1. The van der Waals surface area contributed by atoms with Crippen LogP contribution in [0.1, 0.15) is 48.0 Å². The lowest BCUT2D eigenvalue weighted by Gasteiger charge is -2.23. The van der Waals surface area contributed by atoms with Crippen molar-refractivity contribution in [2.24, 2.45) is 0 Å². The highest BCUT2D eigenvalue weighted by Crippen LogP contribution is 2.32. The zero-order chi connectivity index (χ0) is 29.2. The van der Waals surface area contributed by atoms with Crippen LogP contribution >= 0.6 is 0 Å². The second-order valence-corrected chi connectivity index (χ2v) is 10.5. The van der Waals surface area contributed by atoms with Crippen molar-refractivity contribution in [2.45, 2.75) is 51.2 Å². The Labute approximate surface area is 239 Å². The van der Waals surface area contributed by atoms with Crippen LogP contribution in [0.5, 0.6) is 11.5 Å². The molecule has 1 aliphatic carbocycles. The number of hydrogen-bond donors (Lipinski definition) is 2. The first-order chi connectivity index (χ1) is 20.4. The normalized spacial score (nSPS) is 14.6. The molecule has 0 bridgehead atoms. The number of nitrogens with zero attached hydrogens (tertiary/aromatic N) is 2. The molecule has 1 aliphatic heterocycles. The van der Waals surface area contributed by atoms with Crippen LogP contribution in [0.4, 0.5) is 10.1 Å². The summed E-state index contributed by atoms with van der Waals surface area (Å²) in [6.45, 7) is -0.473. The first-order valence-corrected chi connectivity index (χ1v) is 13.9. The van der Waals surface area contributed by atoms with Crippen molar-refractivity contribution in [3.63, 3.8) is 0 Å². The smallest absolute Gasteiger partial charge is 0.332 e. The molecule has 10 nitrogen and oxygen atoms in total. The zero-order valence-corrected chi connectivity index (χ0v) is 22.7. The number of hydrogen-bond acceptors (Lipinski definition) is 6. The Kier molecular flexibility index (Phi) is 7.47. The molecule has 1 fully saturated rings. The van der Waals surface area contributed by atoms with Gasteiger partial charge in [0, 0.05) is 17.3 Å². The zero-order valence-electron chi connectivity index (χ0n) is 22.7. The second kappa shape index (κ2) is 11.5. The monoisotopic (exact) mass is 572 g/mol. The molecule has 216 valence electrons. The lowest BCUT2D eigenvalue weighted by Crippen LogP contribution is -2.42. The van der Waals surface area contributed by atoms with E-state index in [2.05, 4.69) is 10.6 Å². The van der Waals surface area contributed by atoms with E-state index in [-0.39, 0.29) is 47.4 Å². The van der Waals surface area contributed by atoms with Crippen LogP contribution in [0, 0.1) is 5.82 Å². The van der Waals surface area contributed by atoms with Gasteiger partial charge in [0.15, 0.2) is 11.5 Å². The van der Waals surface area contributed by atoms with Crippen LogP contribution in [0.2, 0.25) is 0 Å². The van der Waals surface area contributed by atoms with E-state index in [1.807, 2.05) is 0 Å². The Morgan fingerprint density at radius 2 is 1.71 bits per heavy atom. The topological polar surface area (TPSA) is 121 Å². The molecule has 3 aromatic carbocycles. The number of carbonyl (C=O) groups is 2. The molecule has 0 unspecified atom stereocenters. The number of benzene rings is 3. The fourth-order valence-electron chi connectivity index (χ4n) is 5.50. The van der Waals surface area contributed by atoms with E-state index in [0.29, 0.717) is 17.1 Å². The highest BCUT2D eigenvalue weighted by molar-refractivity contribution is 5.98. The van der Waals surface area contributed by atoms with Crippen molar-refractivity contribution in [3.8, 4) is 11.5 Å². The summed E-state index contributed by atoms with van der Waals surface area (Å²) < 4.78 is 26.7. The van der Waals surface area contributed by atoms with Gasteiger partial charge in [-0.2, -0.15) is 0 Å². The van der Waals surface area contributed by atoms with E-state index in [1.54, 1.807) is 24.3 Å². The molecule has 11 heteroatoms. The largest absolute Gasteiger partial charge is 0.454 e. The van der Waals surface area contributed by atoms with Gasteiger partial charge in [0.05, 0.1) is 17.4 Å². The molecule has 2 heterocycles. The molecular weight excluding hydrogens is 543 g/mol. The van der Waals surface area contributed by atoms with Crippen LogP contribution in [0.25, 0.3) is 10.9 Å². The number of halogens is 1. The van der Waals surface area contributed by atoms with E-state index >= 15 is 0 Å². The SMILES string of the molecule is O=C(Cn1c(=O)n(Cc2ccc3c(c2)OCO3)c(=O)c2ccc(C(=O)NC3CCCCC3)cc21)Nc1cccc(F)c1. The Bertz CT molecular complexity index is 1810. The maximum absolute atomic E-state index is 13.8. The molecule has 1 saturated carbocycles. The number of rotatable bonds is 7. The molecule has 0 atom stereocenters. The van der Waals surface area contributed by atoms with Crippen LogP contribution in [0.3, 0.4) is 0 Å². The molecular formula is C31H29FN4O6. The second-order valence-electron chi connectivity index (χ2n) is 10.5. The van der Waals surface area contributed by atoms with Gasteiger partial charge in [-0.3, -0.25) is 23.5 Å². The van der Waals surface area contributed by atoms with Gasteiger partial charge in [0.2, 0.25) is 12.7 Å². The van der Waals surface area contributed by atoms with E-state index in [0.717, 1.165) is 47.3 Å². The van der Waals surface area contributed by atoms with Gasteiger partial charge >= 0.3 is 5.69 Å². The fraction of sp³-hybridized carbons (Fsp3) is 0.290. The van der Waals surface area contributed by atoms with Gasteiger partial charge in [0.1, 0.15) is 12.4 Å². The van der Waals surface area contributed by atoms with Crippen LogP contribution < -0.4 is 31.4 Å². The molecule has 2 N–H and O–H groups in total. The van der Waals surface area contributed by atoms with Gasteiger partial charge in [-0.25, -0.2) is 9.18 Å². The highest BCUT2D eigenvalue weighted by Gasteiger charge is 2.21. The van der Waals surface area contributed by atoms with Gasteiger partial charge in [-0.15, -0.1) is 0 Å². The maximum atomic E-state index is 13.8. The predicted molar refractivity (Wildman–Crippen MR) is 154 cm³/mol. The van der Waals surface area contributed by atoms with E-state index in [1.165, 1.54) is 30.3 Å². The van der Waals surface area contributed by atoms with E-state index in [4.69, 9.17) is 9.47 Å². The number of fused-ring (bicyclic) bond motifs is 2. The van der Waals surface area contributed by atoms with Gasteiger partial charge in [0.25, 0.3) is 11.5 Å². The number of carbonyl (C=O) groups excluding carboxylic acids is 2. The van der Waals surface area contributed by atoms with E-state index in [9.17, 15) is 23.6 Å². The Morgan fingerprint density at radius 3 is 2.52 bits per heavy atom. The van der Waals surface area contributed by atoms with Gasteiger partial charge < -0.3 is 20.1 Å². The van der Waals surface area contributed by atoms with Gasteiger partial charge in [-0.1, -0.05) is 31.4 Å². The highest BCUT2D eigenvalue weighted by atomic mass is 19.1. The first kappa shape index (κ1) is 27.3. The van der Waals surface area contributed by atoms with Crippen molar-refractivity contribution >= 4 is 28.4 Å².